The smallest absolute Gasteiger partial charge is 0.226 e. The molecule has 2 aromatic carbocycles. The Morgan fingerprint density at radius 3 is 2.58 bits per heavy atom. The van der Waals surface area contributed by atoms with Crippen LogP contribution in [0.25, 0.3) is 11.3 Å². The second-order valence-corrected chi connectivity index (χ2v) is 9.64. The van der Waals surface area contributed by atoms with E-state index in [2.05, 4.69) is 31.5 Å². The van der Waals surface area contributed by atoms with Gasteiger partial charge in [0.2, 0.25) is 5.91 Å². The van der Waals surface area contributed by atoms with Crippen LogP contribution in [0.15, 0.2) is 93.9 Å². The molecule has 0 aliphatic carbocycles. The van der Waals surface area contributed by atoms with E-state index in [-0.39, 0.29) is 30.2 Å². The van der Waals surface area contributed by atoms with Crippen molar-refractivity contribution in [3.8, 4) is 11.3 Å². The lowest BCUT2D eigenvalue weighted by Crippen LogP contribution is -2.32. The standard InChI is InChI=1S/C27H22BrFN4O2S/c28-18-6-4-17(5-7-18)22-12-13-23(35-22)26-25(21-3-1-2-15-30-21)32-27(36)33(26)16-14-24(34)31-20-10-8-19(29)9-11-20/h1-13,15,25-26H,14,16H2,(H,31,34)(H,32,36)/t25-,26+/m0/s1. The summed E-state index contributed by atoms with van der Waals surface area (Å²) in [5.74, 6) is 0.907. The number of aromatic nitrogens is 1. The normalized spacial score (nSPS) is 17.2. The summed E-state index contributed by atoms with van der Waals surface area (Å²) >= 11 is 9.13. The summed E-state index contributed by atoms with van der Waals surface area (Å²) in [6.07, 6.45) is 1.93. The summed E-state index contributed by atoms with van der Waals surface area (Å²) in [5.41, 5.74) is 2.32. The van der Waals surface area contributed by atoms with Gasteiger partial charge in [-0.1, -0.05) is 34.1 Å². The van der Waals surface area contributed by atoms with Gasteiger partial charge in [0, 0.05) is 34.9 Å². The maximum Gasteiger partial charge on any atom is 0.226 e. The summed E-state index contributed by atoms with van der Waals surface area (Å²) in [5, 5.41) is 6.68. The van der Waals surface area contributed by atoms with Crippen LogP contribution in [-0.2, 0) is 4.79 Å². The third-order valence-corrected chi connectivity index (χ3v) is 6.83. The predicted octanol–water partition coefficient (Wildman–Crippen LogP) is 6.24. The Morgan fingerprint density at radius 2 is 1.86 bits per heavy atom. The van der Waals surface area contributed by atoms with Crippen molar-refractivity contribution in [3.05, 3.63) is 107 Å². The highest BCUT2D eigenvalue weighted by Gasteiger charge is 2.41. The molecule has 1 amide bonds. The summed E-state index contributed by atoms with van der Waals surface area (Å²) in [6.45, 7) is 0.362. The first-order chi connectivity index (χ1) is 17.5. The first kappa shape index (κ1) is 24.1. The highest BCUT2D eigenvalue weighted by molar-refractivity contribution is 9.10. The van der Waals surface area contributed by atoms with Crippen LogP contribution in [0.4, 0.5) is 10.1 Å². The van der Waals surface area contributed by atoms with E-state index in [1.165, 1.54) is 24.3 Å². The second-order valence-electron chi connectivity index (χ2n) is 8.33. The van der Waals surface area contributed by atoms with Crippen molar-refractivity contribution in [2.75, 3.05) is 11.9 Å². The molecule has 5 rings (SSSR count). The highest BCUT2D eigenvalue weighted by Crippen LogP contribution is 2.40. The van der Waals surface area contributed by atoms with E-state index in [0.29, 0.717) is 17.3 Å². The molecule has 3 heterocycles. The van der Waals surface area contributed by atoms with Gasteiger partial charge in [0.05, 0.1) is 11.7 Å². The SMILES string of the molecule is O=C(CCN1C(=S)N[C@@H](c2ccccn2)[C@H]1c1ccc(-c2ccc(Br)cc2)o1)Nc1ccc(F)cc1. The van der Waals surface area contributed by atoms with Crippen LogP contribution < -0.4 is 10.6 Å². The Bertz CT molecular complexity index is 1360. The molecule has 0 spiro atoms. The van der Waals surface area contributed by atoms with Gasteiger partial charge in [-0.05, 0) is 72.9 Å². The second kappa shape index (κ2) is 10.6. The topological polar surface area (TPSA) is 70.4 Å². The van der Waals surface area contributed by atoms with Crippen molar-refractivity contribution in [1.29, 1.82) is 0 Å². The molecule has 9 heteroatoms. The zero-order valence-corrected chi connectivity index (χ0v) is 21.4. The average Bonchev–Trinajstić information content (AvgIpc) is 3.50. The number of furan rings is 1. The molecular formula is C27H22BrFN4O2S. The third kappa shape index (κ3) is 5.32. The molecule has 36 heavy (non-hydrogen) atoms. The quantitative estimate of drug-likeness (QED) is 0.259. The Kier molecular flexibility index (Phi) is 7.11. The van der Waals surface area contributed by atoms with Gasteiger partial charge < -0.3 is 20.0 Å². The number of benzene rings is 2. The van der Waals surface area contributed by atoms with Crippen LogP contribution in [0.2, 0.25) is 0 Å². The molecule has 2 N–H and O–H groups in total. The van der Waals surface area contributed by atoms with E-state index in [1.54, 1.807) is 6.20 Å². The Labute approximate surface area is 221 Å². The average molecular weight is 565 g/mol. The van der Waals surface area contributed by atoms with Crippen LogP contribution in [-0.4, -0.2) is 27.4 Å². The molecule has 1 saturated heterocycles. The van der Waals surface area contributed by atoms with Crippen molar-refractivity contribution in [2.24, 2.45) is 0 Å². The van der Waals surface area contributed by atoms with Gasteiger partial charge in [-0.25, -0.2) is 4.39 Å². The summed E-state index contributed by atoms with van der Waals surface area (Å²) in [4.78, 5) is 19.1. The molecule has 1 aliphatic rings. The number of anilines is 1. The van der Waals surface area contributed by atoms with Crippen molar-refractivity contribution < 1.29 is 13.6 Å². The number of hydrogen-bond donors (Lipinski definition) is 2. The third-order valence-electron chi connectivity index (χ3n) is 5.95. The van der Waals surface area contributed by atoms with Crippen molar-refractivity contribution in [3.63, 3.8) is 0 Å². The number of rotatable bonds is 7. The number of hydrogen-bond acceptors (Lipinski definition) is 4. The number of carbonyl (C=O) groups excluding carboxylic acids is 1. The fourth-order valence-corrected chi connectivity index (χ4v) is 4.81. The number of amides is 1. The first-order valence-electron chi connectivity index (χ1n) is 11.4. The molecule has 2 aromatic heterocycles. The van der Waals surface area contributed by atoms with Gasteiger partial charge in [0.25, 0.3) is 0 Å². The molecule has 1 fully saturated rings. The fraction of sp³-hybridized carbons (Fsp3) is 0.148. The summed E-state index contributed by atoms with van der Waals surface area (Å²) in [7, 11) is 0. The largest absolute Gasteiger partial charge is 0.459 e. The maximum absolute atomic E-state index is 13.2. The molecule has 6 nitrogen and oxygen atoms in total. The number of thiocarbonyl (C=S) groups is 1. The van der Waals surface area contributed by atoms with Crippen molar-refractivity contribution in [2.45, 2.75) is 18.5 Å². The number of nitrogens with zero attached hydrogens (tertiary/aromatic N) is 2. The number of pyridine rings is 1. The van der Waals surface area contributed by atoms with Crippen LogP contribution in [0.1, 0.15) is 30.0 Å². The summed E-state index contributed by atoms with van der Waals surface area (Å²) < 4.78 is 20.5. The molecule has 0 bridgehead atoms. The lowest BCUT2D eigenvalue weighted by atomic mass is 10.0. The van der Waals surface area contributed by atoms with Gasteiger partial charge in [0.15, 0.2) is 5.11 Å². The van der Waals surface area contributed by atoms with E-state index < -0.39 is 0 Å². The molecule has 0 unspecified atom stereocenters. The van der Waals surface area contributed by atoms with E-state index in [9.17, 15) is 9.18 Å². The minimum absolute atomic E-state index is 0.185. The molecule has 0 radical (unpaired) electrons. The molecular weight excluding hydrogens is 543 g/mol. The van der Waals surface area contributed by atoms with Crippen LogP contribution >= 0.6 is 28.1 Å². The van der Waals surface area contributed by atoms with Gasteiger partial charge in [0.1, 0.15) is 23.4 Å². The molecule has 0 saturated carbocycles. The highest BCUT2D eigenvalue weighted by atomic mass is 79.9. The molecule has 182 valence electrons. The van der Waals surface area contributed by atoms with Crippen molar-refractivity contribution in [1.82, 2.24) is 15.2 Å². The summed E-state index contributed by atoms with van der Waals surface area (Å²) in [6, 6.07) is 22.6. The van der Waals surface area contributed by atoms with Crippen LogP contribution in [0, 0.1) is 5.82 Å². The maximum atomic E-state index is 13.2. The number of carbonyl (C=O) groups is 1. The van der Waals surface area contributed by atoms with Gasteiger partial charge >= 0.3 is 0 Å². The monoisotopic (exact) mass is 564 g/mol. The van der Waals surface area contributed by atoms with E-state index >= 15 is 0 Å². The van der Waals surface area contributed by atoms with E-state index in [1.807, 2.05) is 59.5 Å². The Balaban J connectivity index is 1.38. The minimum atomic E-state index is -0.356. The number of nitrogens with one attached hydrogen (secondary N) is 2. The lowest BCUT2D eigenvalue weighted by Gasteiger charge is -2.25. The fourth-order valence-electron chi connectivity index (χ4n) is 4.22. The van der Waals surface area contributed by atoms with Crippen LogP contribution in [0.5, 0.6) is 0 Å². The van der Waals surface area contributed by atoms with E-state index in [4.69, 9.17) is 16.6 Å². The molecule has 2 atom stereocenters. The van der Waals surface area contributed by atoms with Gasteiger partial charge in [-0.2, -0.15) is 0 Å². The van der Waals surface area contributed by atoms with Crippen LogP contribution in [0.3, 0.4) is 0 Å². The lowest BCUT2D eigenvalue weighted by molar-refractivity contribution is -0.116. The predicted molar refractivity (Wildman–Crippen MR) is 144 cm³/mol. The van der Waals surface area contributed by atoms with E-state index in [0.717, 1.165) is 27.3 Å². The Hall–Kier alpha value is -3.56. The zero-order chi connectivity index (χ0) is 25.1. The first-order valence-corrected chi connectivity index (χ1v) is 12.6. The van der Waals surface area contributed by atoms with Gasteiger partial charge in [-0.3, -0.25) is 9.78 Å². The molecule has 1 aliphatic heterocycles. The zero-order valence-electron chi connectivity index (χ0n) is 19.0. The Morgan fingerprint density at radius 1 is 1.08 bits per heavy atom. The van der Waals surface area contributed by atoms with Crippen molar-refractivity contribution >= 4 is 44.9 Å². The van der Waals surface area contributed by atoms with Gasteiger partial charge in [-0.15, -0.1) is 0 Å². The molecule has 4 aromatic rings. The number of halogens is 2. The minimum Gasteiger partial charge on any atom is -0.459 e.